The standard InChI is InChI=1S/C14H26N2O3S/c1-2-11-5-3-4-6-13(11)16-14(17)9-12-10-20(18,19)8-7-15-12/h11-13,15H,2-10H2,1H3,(H,16,17). The molecule has 1 amide bonds. The van der Waals surface area contributed by atoms with Crippen LogP contribution < -0.4 is 10.6 Å². The Kier molecular flexibility index (Phi) is 5.43. The fourth-order valence-corrected chi connectivity index (χ4v) is 4.82. The van der Waals surface area contributed by atoms with Gasteiger partial charge in [-0.15, -0.1) is 0 Å². The van der Waals surface area contributed by atoms with Crippen molar-refractivity contribution in [2.45, 2.75) is 57.5 Å². The lowest BCUT2D eigenvalue weighted by Gasteiger charge is -2.32. The van der Waals surface area contributed by atoms with E-state index in [0.717, 1.165) is 12.8 Å². The first-order valence-electron chi connectivity index (χ1n) is 7.73. The molecule has 20 heavy (non-hydrogen) atoms. The van der Waals surface area contributed by atoms with Gasteiger partial charge in [-0.05, 0) is 18.8 Å². The Bertz CT molecular complexity index is 436. The van der Waals surface area contributed by atoms with E-state index in [2.05, 4.69) is 17.6 Å². The number of amides is 1. The molecule has 0 aromatic heterocycles. The van der Waals surface area contributed by atoms with E-state index in [1.807, 2.05) is 0 Å². The summed E-state index contributed by atoms with van der Waals surface area (Å²) in [6.07, 6.45) is 6.05. The van der Waals surface area contributed by atoms with Gasteiger partial charge in [-0.2, -0.15) is 0 Å². The molecule has 1 saturated heterocycles. The van der Waals surface area contributed by atoms with Crippen LogP contribution in [0, 0.1) is 5.92 Å². The van der Waals surface area contributed by atoms with Crippen molar-refractivity contribution in [3.63, 3.8) is 0 Å². The maximum Gasteiger partial charge on any atom is 0.221 e. The summed E-state index contributed by atoms with van der Waals surface area (Å²) in [7, 11) is -2.97. The van der Waals surface area contributed by atoms with Crippen molar-refractivity contribution < 1.29 is 13.2 Å². The van der Waals surface area contributed by atoms with Crippen LogP contribution in [-0.4, -0.2) is 44.5 Å². The first-order chi connectivity index (χ1) is 9.50. The summed E-state index contributed by atoms with van der Waals surface area (Å²) in [5, 5.41) is 6.25. The number of hydrogen-bond donors (Lipinski definition) is 2. The third-order valence-electron chi connectivity index (χ3n) is 4.51. The van der Waals surface area contributed by atoms with Crippen molar-refractivity contribution in [2.75, 3.05) is 18.1 Å². The lowest BCUT2D eigenvalue weighted by molar-refractivity contribution is -0.122. The predicted molar refractivity (Wildman–Crippen MR) is 79.2 cm³/mol. The van der Waals surface area contributed by atoms with Crippen molar-refractivity contribution in [3.8, 4) is 0 Å². The highest BCUT2D eigenvalue weighted by Gasteiger charge is 2.29. The molecule has 1 saturated carbocycles. The molecule has 2 rings (SSSR count). The number of carbonyl (C=O) groups is 1. The van der Waals surface area contributed by atoms with Gasteiger partial charge in [0.1, 0.15) is 0 Å². The van der Waals surface area contributed by atoms with Crippen LogP contribution in [0.2, 0.25) is 0 Å². The molecule has 6 heteroatoms. The van der Waals surface area contributed by atoms with Gasteiger partial charge in [0.25, 0.3) is 0 Å². The SMILES string of the molecule is CCC1CCCCC1NC(=O)CC1CS(=O)(=O)CCN1. The Morgan fingerprint density at radius 2 is 2.05 bits per heavy atom. The molecule has 1 aliphatic carbocycles. The fourth-order valence-electron chi connectivity index (χ4n) is 3.37. The second-order valence-corrected chi connectivity index (χ2v) is 8.33. The monoisotopic (exact) mass is 302 g/mol. The first-order valence-corrected chi connectivity index (χ1v) is 9.55. The summed E-state index contributed by atoms with van der Waals surface area (Å²) in [6.45, 7) is 2.63. The summed E-state index contributed by atoms with van der Waals surface area (Å²) >= 11 is 0. The number of nitrogens with one attached hydrogen (secondary N) is 2. The highest BCUT2D eigenvalue weighted by atomic mass is 32.2. The average molecular weight is 302 g/mol. The van der Waals surface area contributed by atoms with E-state index in [4.69, 9.17) is 0 Å². The van der Waals surface area contributed by atoms with E-state index >= 15 is 0 Å². The molecule has 0 aromatic carbocycles. The maximum absolute atomic E-state index is 12.1. The molecule has 0 aromatic rings. The molecule has 2 aliphatic rings. The molecular formula is C14H26N2O3S. The van der Waals surface area contributed by atoms with E-state index in [1.165, 1.54) is 19.3 Å². The van der Waals surface area contributed by atoms with Crippen LogP contribution >= 0.6 is 0 Å². The van der Waals surface area contributed by atoms with Crippen LogP contribution in [0.3, 0.4) is 0 Å². The van der Waals surface area contributed by atoms with E-state index in [0.29, 0.717) is 12.5 Å². The number of carbonyl (C=O) groups excluding carboxylic acids is 1. The highest BCUT2D eigenvalue weighted by Crippen LogP contribution is 2.26. The normalized spacial score (nSPS) is 33.5. The van der Waals surface area contributed by atoms with Crippen LogP contribution in [0.1, 0.15) is 45.4 Å². The van der Waals surface area contributed by atoms with Gasteiger partial charge < -0.3 is 10.6 Å². The summed E-state index contributed by atoms with van der Waals surface area (Å²) in [4.78, 5) is 12.1. The van der Waals surface area contributed by atoms with E-state index in [-0.39, 0.29) is 35.9 Å². The molecule has 1 heterocycles. The quantitative estimate of drug-likeness (QED) is 0.807. The van der Waals surface area contributed by atoms with Crippen molar-refractivity contribution in [2.24, 2.45) is 5.92 Å². The van der Waals surface area contributed by atoms with E-state index < -0.39 is 9.84 Å². The summed E-state index contributed by atoms with van der Waals surface area (Å²) in [5.41, 5.74) is 0. The largest absolute Gasteiger partial charge is 0.353 e. The Hall–Kier alpha value is -0.620. The van der Waals surface area contributed by atoms with Crippen LogP contribution in [0.4, 0.5) is 0 Å². The highest BCUT2D eigenvalue weighted by molar-refractivity contribution is 7.91. The maximum atomic E-state index is 12.1. The zero-order chi connectivity index (χ0) is 14.6. The zero-order valence-electron chi connectivity index (χ0n) is 12.2. The van der Waals surface area contributed by atoms with Crippen LogP contribution in [0.25, 0.3) is 0 Å². The second-order valence-electron chi connectivity index (χ2n) is 6.10. The minimum atomic E-state index is -2.97. The first kappa shape index (κ1) is 15.8. The fraction of sp³-hybridized carbons (Fsp3) is 0.929. The average Bonchev–Trinajstić information content (AvgIpc) is 2.38. The molecule has 116 valence electrons. The van der Waals surface area contributed by atoms with Gasteiger partial charge in [0.2, 0.25) is 5.91 Å². The number of sulfone groups is 1. The Balaban J connectivity index is 1.82. The Morgan fingerprint density at radius 1 is 1.30 bits per heavy atom. The minimum absolute atomic E-state index is 0.00931. The van der Waals surface area contributed by atoms with Crippen molar-refractivity contribution in [1.82, 2.24) is 10.6 Å². The van der Waals surface area contributed by atoms with Crippen LogP contribution in [-0.2, 0) is 14.6 Å². The molecule has 1 aliphatic heterocycles. The second kappa shape index (κ2) is 6.89. The van der Waals surface area contributed by atoms with E-state index in [9.17, 15) is 13.2 Å². The van der Waals surface area contributed by atoms with Gasteiger partial charge in [-0.25, -0.2) is 8.42 Å². The van der Waals surface area contributed by atoms with Gasteiger partial charge >= 0.3 is 0 Å². The molecule has 2 fully saturated rings. The number of rotatable bonds is 4. The predicted octanol–water partition coefficient (Wildman–Crippen LogP) is 0.848. The van der Waals surface area contributed by atoms with Gasteiger partial charge in [0.05, 0.1) is 11.5 Å². The molecule has 2 N–H and O–H groups in total. The minimum Gasteiger partial charge on any atom is -0.353 e. The van der Waals surface area contributed by atoms with Crippen molar-refractivity contribution in [3.05, 3.63) is 0 Å². The lowest BCUT2D eigenvalue weighted by atomic mass is 9.83. The van der Waals surface area contributed by atoms with Crippen molar-refractivity contribution in [1.29, 1.82) is 0 Å². The molecule has 0 spiro atoms. The van der Waals surface area contributed by atoms with E-state index in [1.54, 1.807) is 0 Å². The summed E-state index contributed by atoms with van der Waals surface area (Å²) in [6, 6.07) is 0.0545. The Morgan fingerprint density at radius 3 is 2.75 bits per heavy atom. The molecule has 0 bridgehead atoms. The zero-order valence-corrected chi connectivity index (χ0v) is 13.0. The van der Waals surface area contributed by atoms with Crippen LogP contribution in [0.15, 0.2) is 0 Å². The smallest absolute Gasteiger partial charge is 0.221 e. The number of hydrogen-bond acceptors (Lipinski definition) is 4. The third-order valence-corrected chi connectivity index (χ3v) is 6.25. The van der Waals surface area contributed by atoms with Gasteiger partial charge in [0.15, 0.2) is 9.84 Å². The van der Waals surface area contributed by atoms with Crippen LogP contribution in [0.5, 0.6) is 0 Å². The topological polar surface area (TPSA) is 75.3 Å². The van der Waals surface area contributed by atoms with Gasteiger partial charge in [-0.3, -0.25) is 4.79 Å². The van der Waals surface area contributed by atoms with Gasteiger partial charge in [-0.1, -0.05) is 26.2 Å². The molecule has 5 nitrogen and oxygen atoms in total. The Labute approximate surface area is 121 Å². The lowest BCUT2D eigenvalue weighted by Crippen LogP contribution is -2.49. The van der Waals surface area contributed by atoms with Crippen molar-refractivity contribution >= 4 is 15.7 Å². The molecule has 0 radical (unpaired) electrons. The van der Waals surface area contributed by atoms with Gasteiger partial charge in [0, 0.05) is 25.0 Å². The summed E-state index contributed by atoms with van der Waals surface area (Å²) in [5.74, 6) is 0.842. The molecular weight excluding hydrogens is 276 g/mol. The molecule has 3 unspecified atom stereocenters. The summed E-state index contributed by atoms with van der Waals surface area (Å²) < 4.78 is 23.1. The third kappa shape index (κ3) is 4.45. The molecule has 3 atom stereocenters.